The summed E-state index contributed by atoms with van der Waals surface area (Å²) < 4.78 is 6.90. The first kappa shape index (κ1) is 12.5. The first-order chi connectivity index (χ1) is 7.43. The van der Waals surface area contributed by atoms with Gasteiger partial charge in [0.05, 0.1) is 9.99 Å². The Morgan fingerprint density at radius 1 is 0.875 bits per heavy atom. The molecule has 4 nitrogen and oxygen atoms in total. The minimum absolute atomic E-state index is 0.265. The fourth-order valence-electron chi connectivity index (χ4n) is 1.20. The van der Waals surface area contributed by atoms with E-state index in [1.54, 1.807) is 0 Å². The molecule has 8 heteroatoms. The first-order valence-electron chi connectivity index (χ1n) is 3.82. The van der Waals surface area contributed by atoms with Gasteiger partial charge >= 0.3 is 11.4 Å². The van der Waals surface area contributed by atoms with E-state index in [2.05, 4.69) is 73.1 Å². The molecule has 2 aromatic rings. The second-order valence-electron chi connectivity index (χ2n) is 2.81. The summed E-state index contributed by atoms with van der Waals surface area (Å²) in [7, 11) is 0. The molecule has 0 unspecified atom stereocenters. The van der Waals surface area contributed by atoms with Crippen molar-refractivity contribution in [3.05, 3.63) is 38.9 Å². The van der Waals surface area contributed by atoms with Gasteiger partial charge in [0.1, 0.15) is 5.39 Å². The Bertz CT molecular complexity index is 703. The predicted molar refractivity (Wildman–Crippen MR) is 73.9 cm³/mol. The van der Waals surface area contributed by atoms with Crippen molar-refractivity contribution in [2.75, 3.05) is 0 Å². The summed E-state index contributed by atoms with van der Waals surface area (Å²) in [5.74, 6) is -0.792. The van der Waals surface area contributed by atoms with E-state index >= 15 is 0 Å². The molecular weight excluding hydrogens is 478 g/mol. The molecule has 0 aliphatic rings. The van der Waals surface area contributed by atoms with Crippen LogP contribution < -0.4 is 11.4 Å². The van der Waals surface area contributed by atoms with Gasteiger partial charge in [-0.1, -0.05) is 0 Å². The Labute approximate surface area is 122 Å². The van der Waals surface area contributed by atoms with Crippen LogP contribution in [0.1, 0.15) is 0 Å². The molecule has 0 aliphatic carbocycles. The molecule has 0 atom stereocenters. The Hall–Kier alpha value is 0.0800. The van der Waals surface area contributed by atoms with Crippen molar-refractivity contribution in [1.29, 1.82) is 0 Å². The number of aromatic amines is 1. The quantitative estimate of drug-likeness (QED) is 0.465. The molecule has 1 aromatic heterocycles. The number of halogens is 4. The standard InChI is InChI=1S/C8HBr4NO3/c9-2-1-6(5(12)4(11)3(2)10)13-8(15)16-7(1)14/h(H,13,15). The molecule has 0 saturated carbocycles. The van der Waals surface area contributed by atoms with E-state index in [0.29, 0.717) is 23.4 Å². The molecule has 1 aromatic carbocycles. The molecule has 1 N–H and O–H groups in total. The highest BCUT2D eigenvalue weighted by molar-refractivity contribution is 9.15. The maximum absolute atomic E-state index is 11.6. The highest BCUT2D eigenvalue weighted by Crippen LogP contribution is 2.41. The number of aromatic nitrogens is 1. The average molecular weight is 479 g/mol. The summed E-state index contributed by atoms with van der Waals surface area (Å²) in [6.45, 7) is 0. The van der Waals surface area contributed by atoms with Crippen molar-refractivity contribution in [1.82, 2.24) is 4.98 Å². The van der Waals surface area contributed by atoms with Crippen molar-refractivity contribution >= 4 is 74.6 Å². The van der Waals surface area contributed by atoms with Gasteiger partial charge in [-0.05, 0) is 63.7 Å². The van der Waals surface area contributed by atoms with Crippen LogP contribution in [0, 0.1) is 0 Å². The van der Waals surface area contributed by atoms with Crippen molar-refractivity contribution < 1.29 is 4.42 Å². The lowest BCUT2D eigenvalue weighted by atomic mass is 10.2. The van der Waals surface area contributed by atoms with E-state index in [0.717, 1.165) is 0 Å². The molecule has 84 valence electrons. The summed E-state index contributed by atoms with van der Waals surface area (Å²) in [6.07, 6.45) is 0. The van der Waals surface area contributed by atoms with Crippen LogP contribution in [0.15, 0.2) is 31.9 Å². The zero-order valence-electron chi connectivity index (χ0n) is 7.24. The second-order valence-corrected chi connectivity index (χ2v) is 5.98. The lowest BCUT2D eigenvalue weighted by Crippen LogP contribution is -2.15. The van der Waals surface area contributed by atoms with Crippen LogP contribution >= 0.6 is 63.7 Å². The summed E-state index contributed by atoms with van der Waals surface area (Å²) in [4.78, 5) is 25.1. The zero-order chi connectivity index (χ0) is 12.0. The normalized spacial score (nSPS) is 11.0. The lowest BCUT2D eigenvalue weighted by Gasteiger charge is -2.06. The van der Waals surface area contributed by atoms with Crippen LogP contribution in [-0.4, -0.2) is 4.98 Å². The van der Waals surface area contributed by atoms with Crippen LogP contribution in [0.25, 0.3) is 10.9 Å². The van der Waals surface area contributed by atoms with Crippen molar-refractivity contribution in [2.45, 2.75) is 0 Å². The highest BCUT2D eigenvalue weighted by Gasteiger charge is 2.17. The van der Waals surface area contributed by atoms with Gasteiger partial charge in [0.15, 0.2) is 0 Å². The molecule has 0 aliphatic heterocycles. The molecule has 0 spiro atoms. The number of fused-ring (bicyclic) bond motifs is 1. The van der Waals surface area contributed by atoms with Crippen LogP contribution in [-0.2, 0) is 0 Å². The zero-order valence-corrected chi connectivity index (χ0v) is 13.6. The fraction of sp³-hybridized carbons (Fsp3) is 0. The van der Waals surface area contributed by atoms with Crippen molar-refractivity contribution in [3.8, 4) is 0 Å². The van der Waals surface area contributed by atoms with Gasteiger partial charge in [-0.3, -0.25) is 4.98 Å². The molecule has 16 heavy (non-hydrogen) atoms. The molecule has 0 amide bonds. The number of nitrogens with one attached hydrogen (secondary N) is 1. The van der Waals surface area contributed by atoms with Crippen LogP contribution in [0.2, 0.25) is 0 Å². The first-order valence-corrected chi connectivity index (χ1v) is 6.99. The van der Waals surface area contributed by atoms with E-state index in [-0.39, 0.29) is 5.39 Å². The summed E-state index contributed by atoms with van der Waals surface area (Å²) in [6, 6.07) is 0. The summed E-state index contributed by atoms with van der Waals surface area (Å²) in [5, 5.41) is 0.265. The average Bonchev–Trinajstić information content (AvgIpc) is 2.22. The Morgan fingerprint density at radius 2 is 1.44 bits per heavy atom. The molecule has 0 fully saturated rings. The third-order valence-corrected chi connectivity index (χ3v) is 6.65. The maximum atomic E-state index is 11.6. The Balaban J connectivity index is 3.21. The minimum Gasteiger partial charge on any atom is -0.372 e. The minimum atomic E-state index is -0.792. The molecular formula is C8HBr4NO3. The number of H-pyrrole nitrogens is 1. The molecule has 2 rings (SSSR count). The molecule has 0 bridgehead atoms. The van der Waals surface area contributed by atoms with Gasteiger partial charge in [0, 0.05) is 13.4 Å². The van der Waals surface area contributed by atoms with Crippen LogP contribution in [0.5, 0.6) is 0 Å². The monoisotopic (exact) mass is 475 g/mol. The topological polar surface area (TPSA) is 63.1 Å². The number of rotatable bonds is 0. The van der Waals surface area contributed by atoms with Gasteiger partial charge in [0.2, 0.25) is 0 Å². The van der Waals surface area contributed by atoms with Gasteiger partial charge in [-0.2, -0.15) is 0 Å². The van der Waals surface area contributed by atoms with E-state index in [4.69, 9.17) is 0 Å². The predicted octanol–water partition coefficient (Wildman–Crippen LogP) is 3.53. The Morgan fingerprint density at radius 3 is 2.06 bits per heavy atom. The molecule has 1 heterocycles. The summed E-state index contributed by atoms with van der Waals surface area (Å²) in [5.41, 5.74) is -0.317. The third kappa shape index (κ3) is 1.85. The largest absolute Gasteiger partial charge is 0.419 e. The fourth-order valence-corrected chi connectivity index (χ4v) is 3.58. The number of hydrogen-bond acceptors (Lipinski definition) is 3. The second kappa shape index (κ2) is 4.40. The lowest BCUT2D eigenvalue weighted by molar-refractivity contribution is 0.459. The van der Waals surface area contributed by atoms with Gasteiger partial charge in [0.25, 0.3) is 0 Å². The highest BCUT2D eigenvalue weighted by atomic mass is 79.9. The molecule has 0 radical (unpaired) electrons. The summed E-state index contributed by atoms with van der Waals surface area (Å²) >= 11 is 13.2. The van der Waals surface area contributed by atoms with Gasteiger partial charge < -0.3 is 4.42 Å². The van der Waals surface area contributed by atoms with Crippen molar-refractivity contribution in [3.63, 3.8) is 0 Å². The van der Waals surface area contributed by atoms with Crippen molar-refractivity contribution in [2.24, 2.45) is 0 Å². The Kier molecular flexibility index (Phi) is 3.44. The van der Waals surface area contributed by atoms with E-state index < -0.39 is 11.4 Å². The van der Waals surface area contributed by atoms with Gasteiger partial charge in [-0.15, -0.1) is 0 Å². The van der Waals surface area contributed by atoms with E-state index in [9.17, 15) is 9.59 Å². The van der Waals surface area contributed by atoms with Gasteiger partial charge in [-0.25, -0.2) is 9.59 Å². The van der Waals surface area contributed by atoms with Crippen LogP contribution in [0.4, 0.5) is 0 Å². The number of hydrogen-bond donors (Lipinski definition) is 1. The smallest absolute Gasteiger partial charge is 0.372 e. The maximum Gasteiger partial charge on any atom is 0.419 e. The number of benzene rings is 1. The van der Waals surface area contributed by atoms with E-state index in [1.165, 1.54) is 0 Å². The van der Waals surface area contributed by atoms with Crippen LogP contribution in [0.3, 0.4) is 0 Å². The van der Waals surface area contributed by atoms with E-state index in [1.807, 2.05) is 0 Å². The SMILES string of the molecule is O=c1[nH]c2c(Br)c(Br)c(Br)c(Br)c2c(=O)o1. The third-order valence-electron chi connectivity index (χ3n) is 1.88. The molecule has 0 saturated heterocycles.